The average molecular weight is 754 g/mol. The van der Waals surface area contributed by atoms with Crippen LogP contribution in [0.25, 0.3) is 0 Å². The van der Waals surface area contributed by atoms with E-state index in [1.54, 1.807) is 0 Å². The molecule has 2 aliphatic carbocycles. The van der Waals surface area contributed by atoms with Gasteiger partial charge in [-0.1, -0.05) is 65.2 Å². The third-order valence-corrected chi connectivity index (χ3v) is 11.1. The summed E-state index contributed by atoms with van der Waals surface area (Å²) in [4.78, 5) is 47.3. The van der Waals surface area contributed by atoms with E-state index in [2.05, 4.69) is 62.6 Å². The highest BCUT2D eigenvalue weighted by atomic mass is 32.1. The second-order valence-electron chi connectivity index (χ2n) is 14.7. The number of thiol groups is 2. The van der Waals surface area contributed by atoms with Gasteiger partial charge in [0.15, 0.2) is 0 Å². The summed E-state index contributed by atoms with van der Waals surface area (Å²) in [6.07, 6.45) is 18.6. The van der Waals surface area contributed by atoms with Crippen molar-refractivity contribution in [1.82, 2.24) is 5.32 Å². The Hall–Kier alpha value is -1.98. The standard InChI is InChI=1S/C32H51NO7.C8H16OS2/c1-6-22(3)31(35)40-28-18-21(2)17-24-12-11-23(4)27(30(24)28)14-13-25-19-26(20-29(34)38-25)39-32(36)37-16-10-8-7-9-15-33-5;9-6-3-1-2-4-8(11)5-7-10/h11-12,17,21-23,25-28,30,33H,6-10,13-16,18-20H2,1-5H3;6,8,10-11H,1-5,7H2. The van der Waals surface area contributed by atoms with Crippen molar-refractivity contribution in [3.05, 3.63) is 23.8 Å². The summed E-state index contributed by atoms with van der Waals surface area (Å²) in [5.41, 5.74) is 1.25. The lowest BCUT2D eigenvalue weighted by atomic mass is 9.65. The summed E-state index contributed by atoms with van der Waals surface area (Å²) < 4.78 is 22.5. The minimum Gasteiger partial charge on any atom is -0.462 e. The molecule has 9 nitrogen and oxygen atoms in total. The number of carbonyl (C=O) groups excluding carboxylic acids is 4. The summed E-state index contributed by atoms with van der Waals surface area (Å²) in [6.45, 7) is 9.62. The van der Waals surface area contributed by atoms with E-state index in [1.807, 2.05) is 20.9 Å². The van der Waals surface area contributed by atoms with Gasteiger partial charge in [0.25, 0.3) is 0 Å². The summed E-state index contributed by atoms with van der Waals surface area (Å²) in [7, 11) is 1.94. The molecule has 11 heteroatoms. The molecule has 0 aromatic heterocycles. The van der Waals surface area contributed by atoms with Crippen molar-refractivity contribution in [1.29, 1.82) is 0 Å². The molecule has 9 atom stereocenters. The molecule has 1 fully saturated rings. The molecule has 0 aromatic rings. The molecule has 0 radical (unpaired) electrons. The molecule has 0 spiro atoms. The Balaban J connectivity index is 0.000000705. The second kappa shape index (κ2) is 25.9. The van der Waals surface area contributed by atoms with Crippen molar-refractivity contribution in [2.24, 2.45) is 29.6 Å². The van der Waals surface area contributed by atoms with Crippen LogP contribution in [0.1, 0.15) is 124 Å². The number of cyclic esters (lactones) is 1. The van der Waals surface area contributed by atoms with Gasteiger partial charge in [0.1, 0.15) is 24.6 Å². The first-order valence-electron chi connectivity index (χ1n) is 19.5. The number of hydrogen-bond donors (Lipinski definition) is 3. The molecule has 0 bridgehead atoms. The van der Waals surface area contributed by atoms with Gasteiger partial charge in [-0.25, -0.2) is 4.79 Å². The maximum atomic E-state index is 12.7. The molecular weight excluding hydrogens is 687 g/mol. The quantitative estimate of drug-likeness (QED) is 0.0349. The highest BCUT2D eigenvalue weighted by Crippen LogP contribution is 2.45. The Morgan fingerprint density at radius 1 is 1.06 bits per heavy atom. The van der Waals surface area contributed by atoms with Crippen LogP contribution in [0.4, 0.5) is 4.79 Å². The van der Waals surface area contributed by atoms with Gasteiger partial charge < -0.3 is 29.1 Å². The first-order valence-corrected chi connectivity index (χ1v) is 20.7. The van der Waals surface area contributed by atoms with E-state index < -0.39 is 12.3 Å². The molecule has 3 rings (SSSR count). The molecule has 292 valence electrons. The van der Waals surface area contributed by atoms with Gasteiger partial charge in [0.2, 0.25) is 0 Å². The molecule has 51 heavy (non-hydrogen) atoms. The van der Waals surface area contributed by atoms with Crippen LogP contribution >= 0.6 is 25.3 Å². The molecule has 0 saturated carbocycles. The van der Waals surface area contributed by atoms with Gasteiger partial charge >= 0.3 is 18.1 Å². The molecule has 0 amide bonds. The van der Waals surface area contributed by atoms with Crippen LogP contribution in [0.5, 0.6) is 0 Å². The Kier molecular flexibility index (Phi) is 22.9. The van der Waals surface area contributed by atoms with Crippen LogP contribution < -0.4 is 5.32 Å². The van der Waals surface area contributed by atoms with Crippen molar-refractivity contribution in [2.45, 2.75) is 148 Å². The number of carbonyl (C=O) groups is 4. The molecule has 3 aliphatic rings. The van der Waals surface area contributed by atoms with Gasteiger partial charge in [-0.05, 0) is 100 Å². The van der Waals surface area contributed by atoms with E-state index in [4.69, 9.17) is 18.9 Å². The first-order chi connectivity index (χ1) is 24.5. The molecular formula is C40H67NO8S2. The summed E-state index contributed by atoms with van der Waals surface area (Å²) in [6, 6.07) is 0. The summed E-state index contributed by atoms with van der Waals surface area (Å²) in [5.74, 6) is 1.36. The maximum absolute atomic E-state index is 12.7. The Bertz CT molecular complexity index is 1100. The van der Waals surface area contributed by atoms with E-state index in [0.717, 1.165) is 89.2 Å². The van der Waals surface area contributed by atoms with Crippen molar-refractivity contribution in [3.63, 3.8) is 0 Å². The van der Waals surface area contributed by atoms with Gasteiger partial charge in [0.05, 0.1) is 18.9 Å². The molecule has 9 unspecified atom stereocenters. The predicted octanol–water partition coefficient (Wildman–Crippen LogP) is 8.50. The van der Waals surface area contributed by atoms with Gasteiger partial charge in [-0.15, -0.1) is 0 Å². The zero-order chi connectivity index (χ0) is 37.6. The fourth-order valence-corrected chi connectivity index (χ4v) is 7.95. The van der Waals surface area contributed by atoms with Gasteiger partial charge in [-0.2, -0.15) is 25.3 Å². The third-order valence-electron chi connectivity index (χ3n) is 10.3. The Morgan fingerprint density at radius 3 is 2.53 bits per heavy atom. The topological polar surface area (TPSA) is 117 Å². The first kappa shape index (κ1) is 45.2. The van der Waals surface area contributed by atoms with Crippen LogP contribution in [0.2, 0.25) is 0 Å². The number of aldehydes is 1. The maximum Gasteiger partial charge on any atom is 0.508 e. The molecule has 1 N–H and O–H groups in total. The lowest BCUT2D eigenvalue weighted by Gasteiger charge is -2.43. The van der Waals surface area contributed by atoms with Crippen molar-refractivity contribution in [3.8, 4) is 0 Å². The lowest BCUT2D eigenvalue weighted by molar-refractivity contribution is -0.163. The zero-order valence-electron chi connectivity index (χ0n) is 31.9. The normalized spacial score (nSPS) is 26.7. The highest BCUT2D eigenvalue weighted by molar-refractivity contribution is 7.81. The van der Waals surface area contributed by atoms with E-state index >= 15 is 0 Å². The number of fused-ring (bicyclic) bond motifs is 1. The molecule has 0 aromatic carbocycles. The van der Waals surface area contributed by atoms with Crippen molar-refractivity contribution in [2.75, 3.05) is 26.0 Å². The minimum absolute atomic E-state index is 0.0548. The predicted molar refractivity (Wildman–Crippen MR) is 209 cm³/mol. The monoisotopic (exact) mass is 753 g/mol. The number of esters is 2. The Morgan fingerprint density at radius 2 is 1.82 bits per heavy atom. The van der Waals surface area contributed by atoms with E-state index in [9.17, 15) is 19.2 Å². The van der Waals surface area contributed by atoms with E-state index in [0.29, 0.717) is 43.0 Å². The zero-order valence-corrected chi connectivity index (χ0v) is 33.7. The smallest absolute Gasteiger partial charge is 0.462 e. The number of hydrogen-bond acceptors (Lipinski definition) is 11. The van der Waals surface area contributed by atoms with Gasteiger partial charge in [0, 0.05) is 24.0 Å². The highest BCUT2D eigenvalue weighted by Gasteiger charge is 2.42. The third kappa shape index (κ3) is 17.6. The molecule has 1 aliphatic heterocycles. The Labute approximate surface area is 319 Å². The largest absolute Gasteiger partial charge is 0.508 e. The fraction of sp³-hybridized carbons (Fsp3) is 0.800. The lowest BCUT2D eigenvalue weighted by Crippen LogP contribution is -2.42. The summed E-state index contributed by atoms with van der Waals surface area (Å²) >= 11 is 8.49. The van der Waals surface area contributed by atoms with Crippen LogP contribution in [0.15, 0.2) is 23.8 Å². The van der Waals surface area contributed by atoms with Crippen LogP contribution in [0.3, 0.4) is 0 Å². The van der Waals surface area contributed by atoms with Crippen molar-refractivity contribution >= 4 is 49.6 Å². The van der Waals surface area contributed by atoms with Crippen LogP contribution in [-0.4, -0.2) is 73.9 Å². The number of rotatable bonds is 21. The van der Waals surface area contributed by atoms with E-state index in [-0.39, 0.29) is 48.3 Å². The second-order valence-corrected chi connectivity index (χ2v) is 15.9. The average Bonchev–Trinajstić information content (AvgIpc) is 3.09. The van der Waals surface area contributed by atoms with Crippen LogP contribution in [-0.2, 0) is 33.3 Å². The number of allylic oxidation sites excluding steroid dienone is 3. The molecule has 1 saturated heterocycles. The molecule has 1 heterocycles. The number of nitrogens with one attached hydrogen (secondary N) is 1. The van der Waals surface area contributed by atoms with Crippen molar-refractivity contribution < 1.29 is 38.1 Å². The fourth-order valence-electron chi connectivity index (χ4n) is 7.13. The minimum atomic E-state index is -0.711. The number of ether oxygens (including phenoxy) is 4. The van der Waals surface area contributed by atoms with Crippen LogP contribution in [0, 0.1) is 29.6 Å². The van der Waals surface area contributed by atoms with E-state index in [1.165, 1.54) is 5.57 Å². The SMILES string of the molecule is CCC(C)C(=O)OC1CC(C)C=C2C=CC(C)C(CCC3CC(OC(=O)OCCCCCCNC)CC(=O)O3)C21.O=CCCCCC(S)CCS. The summed E-state index contributed by atoms with van der Waals surface area (Å²) in [5, 5.41) is 3.59. The van der Waals surface area contributed by atoms with Gasteiger partial charge in [-0.3, -0.25) is 9.59 Å². The number of unbranched alkanes of at least 4 members (excludes halogenated alkanes) is 5.